The van der Waals surface area contributed by atoms with Crippen LogP contribution in [0.4, 0.5) is 5.82 Å². The van der Waals surface area contributed by atoms with E-state index in [4.69, 9.17) is 5.73 Å². The summed E-state index contributed by atoms with van der Waals surface area (Å²) < 4.78 is 0. The number of pyridine rings is 1. The van der Waals surface area contributed by atoms with Crippen molar-refractivity contribution < 1.29 is 4.79 Å². The van der Waals surface area contributed by atoms with Crippen molar-refractivity contribution >= 4 is 36.5 Å². The Kier molecular flexibility index (Phi) is 11.0. The number of nitrogens with zero attached hydrogens (tertiary/aromatic N) is 2. The van der Waals surface area contributed by atoms with E-state index >= 15 is 0 Å². The molecule has 0 aliphatic heterocycles. The molecule has 0 bridgehead atoms. The molecule has 5 nitrogen and oxygen atoms in total. The molecular formula is C17H30Cl2N4O. The number of halogens is 2. The van der Waals surface area contributed by atoms with Crippen LogP contribution in [0.25, 0.3) is 0 Å². The van der Waals surface area contributed by atoms with Crippen LogP contribution < -0.4 is 16.0 Å². The topological polar surface area (TPSA) is 71.2 Å². The zero-order valence-corrected chi connectivity index (χ0v) is 16.2. The molecule has 0 saturated heterocycles. The summed E-state index contributed by atoms with van der Waals surface area (Å²) in [5.74, 6) is 1.31. The zero-order chi connectivity index (χ0) is 15.9. The largest absolute Gasteiger partial charge is 0.357 e. The summed E-state index contributed by atoms with van der Waals surface area (Å²) >= 11 is 0. The van der Waals surface area contributed by atoms with Crippen LogP contribution in [0, 0.1) is 5.92 Å². The van der Waals surface area contributed by atoms with Crippen molar-refractivity contribution in [3.8, 4) is 0 Å². The quantitative estimate of drug-likeness (QED) is 0.766. The van der Waals surface area contributed by atoms with Crippen LogP contribution in [-0.2, 0) is 0 Å². The SMILES string of the molecule is CCCN(CC)c1ccc(C(=O)NC2CCCC2CN)cn1.Cl.Cl. The van der Waals surface area contributed by atoms with Crippen LogP contribution in [0.1, 0.15) is 49.9 Å². The van der Waals surface area contributed by atoms with Gasteiger partial charge in [0.1, 0.15) is 5.82 Å². The molecule has 2 unspecified atom stereocenters. The van der Waals surface area contributed by atoms with Crippen LogP contribution >= 0.6 is 24.8 Å². The summed E-state index contributed by atoms with van der Waals surface area (Å²) in [6.07, 6.45) is 6.04. The first-order valence-corrected chi connectivity index (χ1v) is 8.41. The fourth-order valence-electron chi connectivity index (χ4n) is 3.17. The Morgan fingerprint density at radius 1 is 1.33 bits per heavy atom. The van der Waals surface area contributed by atoms with Crippen LogP contribution in [-0.4, -0.2) is 36.6 Å². The van der Waals surface area contributed by atoms with Crippen LogP contribution in [0.2, 0.25) is 0 Å². The Balaban J connectivity index is 0.00000264. The van der Waals surface area contributed by atoms with Gasteiger partial charge in [-0.25, -0.2) is 4.98 Å². The van der Waals surface area contributed by atoms with Crippen molar-refractivity contribution in [2.24, 2.45) is 11.7 Å². The molecule has 2 atom stereocenters. The highest BCUT2D eigenvalue weighted by Gasteiger charge is 2.27. The van der Waals surface area contributed by atoms with Crippen LogP contribution in [0.3, 0.4) is 0 Å². The van der Waals surface area contributed by atoms with Gasteiger partial charge in [0.15, 0.2) is 0 Å². The van der Waals surface area contributed by atoms with Gasteiger partial charge in [0.05, 0.1) is 5.56 Å². The molecule has 1 amide bonds. The van der Waals surface area contributed by atoms with Crippen molar-refractivity contribution in [2.45, 2.75) is 45.6 Å². The number of hydrogen-bond donors (Lipinski definition) is 2. The summed E-state index contributed by atoms with van der Waals surface area (Å²) in [5, 5.41) is 3.11. The Bertz CT molecular complexity index is 484. The first-order valence-electron chi connectivity index (χ1n) is 8.41. The Labute approximate surface area is 157 Å². The highest BCUT2D eigenvalue weighted by Crippen LogP contribution is 2.24. The number of rotatable bonds is 7. The molecule has 1 aliphatic carbocycles. The third-order valence-corrected chi connectivity index (χ3v) is 4.49. The molecule has 7 heteroatoms. The minimum absolute atomic E-state index is 0. The summed E-state index contributed by atoms with van der Waals surface area (Å²) in [5.41, 5.74) is 6.39. The van der Waals surface area contributed by atoms with Gasteiger partial charge in [-0.2, -0.15) is 0 Å². The molecule has 1 aromatic rings. The third-order valence-electron chi connectivity index (χ3n) is 4.49. The van der Waals surface area contributed by atoms with E-state index in [9.17, 15) is 4.79 Å². The first kappa shape index (κ1) is 23.0. The van der Waals surface area contributed by atoms with Crippen LogP contribution in [0.15, 0.2) is 18.3 Å². The van der Waals surface area contributed by atoms with Gasteiger partial charge >= 0.3 is 0 Å². The van der Waals surface area contributed by atoms with E-state index in [0.717, 1.165) is 44.6 Å². The number of hydrogen-bond acceptors (Lipinski definition) is 4. The summed E-state index contributed by atoms with van der Waals surface area (Å²) in [4.78, 5) is 19.0. The second kappa shape index (κ2) is 11.5. The van der Waals surface area contributed by atoms with Crippen molar-refractivity contribution in [3.63, 3.8) is 0 Å². The van der Waals surface area contributed by atoms with E-state index in [1.807, 2.05) is 12.1 Å². The van der Waals surface area contributed by atoms with Crippen molar-refractivity contribution in [1.29, 1.82) is 0 Å². The first-order chi connectivity index (χ1) is 10.7. The van der Waals surface area contributed by atoms with Gasteiger partial charge < -0.3 is 16.0 Å². The third kappa shape index (κ3) is 5.80. The average molecular weight is 377 g/mol. The maximum absolute atomic E-state index is 12.3. The molecule has 0 spiro atoms. The lowest BCUT2D eigenvalue weighted by Crippen LogP contribution is -2.39. The molecule has 1 aliphatic rings. The summed E-state index contributed by atoms with van der Waals surface area (Å²) in [6.45, 7) is 6.82. The average Bonchev–Trinajstić information content (AvgIpc) is 3.00. The molecule has 1 fully saturated rings. The fourth-order valence-corrected chi connectivity index (χ4v) is 3.17. The van der Waals surface area contributed by atoms with Gasteiger partial charge in [-0.3, -0.25) is 4.79 Å². The number of anilines is 1. The van der Waals surface area contributed by atoms with Crippen molar-refractivity contribution in [2.75, 3.05) is 24.5 Å². The maximum atomic E-state index is 12.3. The number of amides is 1. The highest BCUT2D eigenvalue weighted by molar-refractivity contribution is 5.94. The van der Waals surface area contributed by atoms with Gasteiger partial charge in [-0.05, 0) is 50.8 Å². The highest BCUT2D eigenvalue weighted by atomic mass is 35.5. The van der Waals surface area contributed by atoms with E-state index in [-0.39, 0.29) is 36.8 Å². The second-order valence-corrected chi connectivity index (χ2v) is 5.99. The number of nitrogens with one attached hydrogen (secondary N) is 1. The van der Waals surface area contributed by atoms with Crippen LogP contribution in [0.5, 0.6) is 0 Å². The minimum atomic E-state index is -0.0389. The monoisotopic (exact) mass is 376 g/mol. The predicted molar refractivity (Wildman–Crippen MR) is 105 cm³/mol. The number of aromatic nitrogens is 1. The Morgan fingerprint density at radius 2 is 2.08 bits per heavy atom. The zero-order valence-electron chi connectivity index (χ0n) is 14.5. The fraction of sp³-hybridized carbons (Fsp3) is 0.647. The van der Waals surface area contributed by atoms with Gasteiger partial charge in [0, 0.05) is 25.3 Å². The normalized spacial score (nSPS) is 19.1. The van der Waals surface area contributed by atoms with E-state index in [1.54, 1.807) is 6.20 Å². The molecule has 138 valence electrons. The second-order valence-electron chi connectivity index (χ2n) is 5.99. The molecule has 1 heterocycles. The molecule has 1 aromatic heterocycles. The molecular weight excluding hydrogens is 347 g/mol. The lowest BCUT2D eigenvalue weighted by Gasteiger charge is -2.22. The van der Waals surface area contributed by atoms with Gasteiger partial charge in [-0.15, -0.1) is 24.8 Å². The lowest BCUT2D eigenvalue weighted by molar-refractivity contribution is 0.0928. The standard InChI is InChI=1S/C17H28N4O.2ClH/c1-3-10-21(4-2)16-9-8-14(12-19-16)17(22)20-15-7-5-6-13(15)11-18;;/h8-9,12-13,15H,3-7,10-11,18H2,1-2H3,(H,20,22);2*1H. The number of carbonyl (C=O) groups is 1. The van der Waals surface area contributed by atoms with E-state index < -0.39 is 0 Å². The minimum Gasteiger partial charge on any atom is -0.357 e. The Hall–Kier alpha value is -1.04. The van der Waals surface area contributed by atoms with Gasteiger partial charge in [0.2, 0.25) is 0 Å². The smallest absolute Gasteiger partial charge is 0.253 e. The molecule has 0 radical (unpaired) electrons. The molecule has 1 saturated carbocycles. The molecule has 0 aromatic carbocycles. The van der Waals surface area contributed by atoms with Gasteiger partial charge in [0.25, 0.3) is 5.91 Å². The summed E-state index contributed by atoms with van der Waals surface area (Å²) in [7, 11) is 0. The van der Waals surface area contributed by atoms with E-state index in [2.05, 4.69) is 29.0 Å². The lowest BCUT2D eigenvalue weighted by atomic mass is 10.0. The molecule has 2 rings (SSSR count). The summed E-state index contributed by atoms with van der Waals surface area (Å²) in [6, 6.07) is 4.01. The van der Waals surface area contributed by atoms with Gasteiger partial charge in [-0.1, -0.05) is 13.3 Å². The number of carbonyl (C=O) groups excluding carboxylic acids is 1. The number of nitrogens with two attached hydrogens (primary N) is 1. The van der Waals surface area contributed by atoms with E-state index in [0.29, 0.717) is 18.0 Å². The predicted octanol–water partition coefficient (Wildman–Crippen LogP) is 3.02. The maximum Gasteiger partial charge on any atom is 0.253 e. The molecule has 24 heavy (non-hydrogen) atoms. The van der Waals surface area contributed by atoms with Crippen molar-refractivity contribution in [1.82, 2.24) is 10.3 Å². The van der Waals surface area contributed by atoms with Crippen molar-refractivity contribution in [3.05, 3.63) is 23.9 Å². The Morgan fingerprint density at radius 3 is 2.62 bits per heavy atom. The molecule has 3 N–H and O–H groups in total. The van der Waals surface area contributed by atoms with E-state index in [1.165, 1.54) is 0 Å².